The first-order chi connectivity index (χ1) is 10.3. The minimum atomic E-state index is 0.583. The van der Waals surface area contributed by atoms with Gasteiger partial charge in [0.2, 0.25) is 0 Å². The number of hydrogen-bond donors (Lipinski definition) is 1. The summed E-state index contributed by atoms with van der Waals surface area (Å²) in [5, 5.41) is 4.01. The van der Waals surface area contributed by atoms with Gasteiger partial charge in [0.1, 0.15) is 0 Å². The Morgan fingerprint density at radius 1 is 1.19 bits per heavy atom. The van der Waals surface area contributed by atoms with Crippen molar-refractivity contribution in [1.82, 2.24) is 10.2 Å². The molecule has 3 aliphatic heterocycles. The van der Waals surface area contributed by atoms with Crippen LogP contribution in [-0.4, -0.2) is 35.8 Å². The third-order valence-electron chi connectivity index (χ3n) is 5.46. The predicted molar refractivity (Wildman–Crippen MR) is 90.0 cm³/mol. The number of piperidine rings is 1. The van der Waals surface area contributed by atoms with Crippen LogP contribution in [-0.2, 0) is 0 Å². The summed E-state index contributed by atoms with van der Waals surface area (Å²) in [6, 6.07) is 9.16. The van der Waals surface area contributed by atoms with Crippen LogP contribution >= 0.6 is 11.8 Å². The van der Waals surface area contributed by atoms with E-state index in [4.69, 9.17) is 0 Å². The Morgan fingerprint density at radius 3 is 3.10 bits per heavy atom. The molecule has 3 atom stereocenters. The number of aryl methyl sites for hydroxylation is 1. The van der Waals surface area contributed by atoms with E-state index in [0.717, 1.165) is 12.1 Å². The summed E-state index contributed by atoms with van der Waals surface area (Å²) in [7, 11) is 0. The molecule has 0 spiro atoms. The van der Waals surface area contributed by atoms with E-state index < -0.39 is 0 Å². The molecule has 0 amide bonds. The quantitative estimate of drug-likeness (QED) is 0.896. The molecule has 2 fully saturated rings. The van der Waals surface area contributed by atoms with E-state index in [1.807, 2.05) is 11.8 Å². The number of nitrogens with zero attached hydrogens (tertiary/aromatic N) is 1. The third kappa shape index (κ3) is 2.88. The van der Waals surface area contributed by atoms with Crippen molar-refractivity contribution in [1.29, 1.82) is 0 Å². The van der Waals surface area contributed by atoms with Crippen LogP contribution in [0.25, 0.3) is 0 Å². The first-order valence-corrected chi connectivity index (χ1v) is 9.51. The molecule has 2 nitrogen and oxygen atoms in total. The second-order valence-corrected chi connectivity index (χ2v) is 8.09. The molecule has 3 heteroatoms. The van der Waals surface area contributed by atoms with Crippen molar-refractivity contribution in [2.24, 2.45) is 0 Å². The lowest BCUT2D eigenvalue weighted by Crippen LogP contribution is -2.46. The Hall–Kier alpha value is -0.510. The molecule has 4 rings (SSSR count). The lowest BCUT2D eigenvalue weighted by atomic mass is 9.94. The number of rotatable bonds is 2. The van der Waals surface area contributed by atoms with E-state index in [1.165, 1.54) is 61.4 Å². The number of hydrogen-bond acceptors (Lipinski definition) is 3. The van der Waals surface area contributed by atoms with Crippen molar-refractivity contribution in [3.05, 3.63) is 29.3 Å². The topological polar surface area (TPSA) is 15.3 Å². The van der Waals surface area contributed by atoms with E-state index in [1.54, 1.807) is 5.56 Å². The Morgan fingerprint density at radius 2 is 2.14 bits per heavy atom. The zero-order valence-corrected chi connectivity index (χ0v) is 13.8. The highest BCUT2D eigenvalue weighted by molar-refractivity contribution is 7.99. The molecule has 1 N–H and O–H groups in total. The molecule has 3 heterocycles. The van der Waals surface area contributed by atoms with Gasteiger partial charge in [-0.05, 0) is 69.5 Å². The van der Waals surface area contributed by atoms with Gasteiger partial charge < -0.3 is 10.2 Å². The highest BCUT2D eigenvalue weighted by Crippen LogP contribution is 2.38. The van der Waals surface area contributed by atoms with Gasteiger partial charge >= 0.3 is 0 Å². The minimum Gasteiger partial charge on any atom is -0.307 e. The maximum atomic E-state index is 4.01. The molecule has 1 aromatic rings. The molecule has 0 radical (unpaired) electrons. The van der Waals surface area contributed by atoms with Crippen LogP contribution in [0.2, 0.25) is 0 Å². The van der Waals surface area contributed by atoms with Crippen LogP contribution in [0.5, 0.6) is 0 Å². The number of fused-ring (bicyclic) bond motifs is 2. The van der Waals surface area contributed by atoms with E-state index in [2.05, 4.69) is 35.3 Å². The molecular weight excluding hydrogens is 276 g/mol. The van der Waals surface area contributed by atoms with E-state index >= 15 is 0 Å². The molecule has 2 saturated heterocycles. The Balaban J connectivity index is 1.47. The van der Waals surface area contributed by atoms with Crippen LogP contribution in [0, 0.1) is 6.92 Å². The smallest absolute Gasteiger partial charge is 0.0341 e. The molecule has 3 aliphatic rings. The summed E-state index contributed by atoms with van der Waals surface area (Å²) in [5.74, 6) is 1.26. The molecule has 1 aromatic carbocycles. The molecule has 0 saturated carbocycles. The molecule has 0 aliphatic carbocycles. The summed E-state index contributed by atoms with van der Waals surface area (Å²) in [6.07, 6.45) is 6.83. The van der Waals surface area contributed by atoms with Gasteiger partial charge in [0, 0.05) is 23.0 Å². The fourth-order valence-electron chi connectivity index (χ4n) is 4.35. The maximum Gasteiger partial charge on any atom is 0.0341 e. The van der Waals surface area contributed by atoms with Crippen LogP contribution in [0.4, 0.5) is 0 Å². The maximum absolute atomic E-state index is 4.01. The second-order valence-electron chi connectivity index (χ2n) is 6.95. The van der Waals surface area contributed by atoms with Gasteiger partial charge in [-0.3, -0.25) is 0 Å². The van der Waals surface area contributed by atoms with Crippen molar-refractivity contribution >= 4 is 11.8 Å². The SMILES string of the molecule is Cc1ccc2c(c1)C(NC1CCN3CCCC3C1)CCS2. The van der Waals surface area contributed by atoms with Gasteiger partial charge in [-0.1, -0.05) is 17.7 Å². The molecule has 0 bridgehead atoms. The first kappa shape index (κ1) is 14.1. The largest absolute Gasteiger partial charge is 0.307 e. The summed E-state index contributed by atoms with van der Waals surface area (Å²) in [6.45, 7) is 4.87. The monoisotopic (exact) mass is 302 g/mol. The van der Waals surface area contributed by atoms with E-state index in [-0.39, 0.29) is 0 Å². The summed E-state index contributed by atoms with van der Waals surface area (Å²) in [5.41, 5.74) is 2.95. The average Bonchev–Trinajstić information content (AvgIpc) is 2.95. The highest BCUT2D eigenvalue weighted by Gasteiger charge is 2.33. The molecule has 21 heavy (non-hydrogen) atoms. The molecule has 114 valence electrons. The summed E-state index contributed by atoms with van der Waals surface area (Å²) >= 11 is 2.03. The lowest BCUT2D eigenvalue weighted by molar-refractivity contribution is 0.160. The zero-order chi connectivity index (χ0) is 14.2. The normalized spacial score (nSPS) is 32.7. The summed E-state index contributed by atoms with van der Waals surface area (Å²) < 4.78 is 0. The average molecular weight is 302 g/mol. The standard InChI is InChI=1S/C18H26N2S/c1-13-4-5-18-16(11-13)17(7-10-21-18)19-14-6-9-20-8-2-3-15(20)12-14/h4-5,11,14-15,17,19H,2-3,6-10,12H2,1H3. The van der Waals surface area contributed by atoms with Gasteiger partial charge in [0.05, 0.1) is 0 Å². The fraction of sp³-hybridized carbons (Fsp3) is 0.667. The van der Waals surface area contributed by atoms with Crippen LogP contribution in [0.15, 0.2) is 23.1 Å². The fourth-order valence-corrected chi connectivity index (χ4v) is 5.45. The van der Waals surface area contributed by atoms with Gasteiger partial charge in [0.15, 0.2) is 0 Å². The molecular formula is C18H26N2S. The summed E-state index contributed by atoms with van der Waals surface area (Å²) in [4.78, 5) is 4.22. The molecule has 0 aromatic heterocycles. The minimum absolute atomic E-state index is 0.583. The third-order valence-corrected chi connectivity index (χ3v) is 6.58. The first-order valence-electron chi connectivity index (χ1n) is 8.53. The van der Waals surface area contributed by atoms with Crippen molar-refractivity contribution in [3.8, 4) is 0 Å². The van der Waals surface area contributed by atoms with Crippen molar-refractivity contribution in [3.63, 3.8) is 0 Å². The predicted octanol–water partition coefficient (Wildman–Crippen LogP) is 3.75. The van der Waals surface area contributed by atoms with E-state index in [0.29, 0.717) is 6.04 Å². The van der Waals surface area contributed by atoms with Gasteiger partial charge in [-0.2, -0.15) is 0 Å². The Bertz CT molecular complexity index is 516. The van der Waals surface area contributed by atoms with E-state index in [9.17, 15) is 0 Å². The second kappa shape index (κ2) is 5.94. The zero-order valence-electron chi connectivity index (χ0n) is 13.0. The van der Waals surface area contributed by atoms with Gasteiger partial charge in [-0.15, -0.1) is 11.8 Å². The van der Waals surface area contributed by atoms with Crippen molar-refractivity contribution < 1.29 is 0 Å². The highest BCUT2D eigenvalue weighted by atomic mass is 32.2. The number of thioether (sulfide) groups is 1. The van der Waals surface area contributed by atoms with Gasteiger partial charge in [-0.25, -0.2) is 0 Å². The number of benzene rings is 1. The lowest BCUT2D eigenvalue weighted by Gasteiger charge is -2.38. The van der Waals surface area contributed by atoms with Crippen molar-refractivity contribution in [2.45, 2.75) is 62.0 Å². The number of nitrogens with one attached hydrogen (secondary N) is 1. The van der Waals surface area contributed by atoms with Crippen molar-refractivity contribution in [2.75, 3.05) is 18.8 Å². The van der Waals surface area contributed by atoms with Gasteiger partial charge in [0.25, 0.3) is 0 Å². The van der Waals surface area contributed by atoms with Crippen LogP contribution < -0.4 is 5.32 Å². The molecule has 3 unspecified atom stereocenters. The Labute approximate surface area is 132 Å². The van der Waals surface area contributed by atoms with Crippen LogP contribution in [0.3, 0.4) is 0 Å². The Kier molecular flexibility index (Phi) is 3.99. The van der Waals surface area contributed by atoms with Crippen LogP contribution in [0.1, 0.15) is 49.3 Å².